The molecule has 166 valence electrons. The van der Waals surface area contributed by atoms with Crippen LogP contribution in [0.4, 0.5) is 10.6 Å². The Kier molecular flexibility index (Phi) is 4.84. The van der Waals surface area contributed by atoms with Crippen LogP contribution in [-0.2, 0) is 14.0 Å². The molecule has 1 amide bonds. The first kappa shape index (κ1) is 21.9. The molecule has 0 aromatic carbocycles. The minimum atomic E-state index is -0.560. The molecule has 3 saturated heterocycles. The van der Waals surface area contributed by atoms with E-state index >= 15 is 0 Å². The van der Waals surface area contributed by atoms with Crippen molar-refractivity contribution >= 4 is 24.5 Å². The van der Waals surface area contributed by atoms with Crippen molar-refractivity contribution in [3.05, 3.63) is 17.8 Å². The predicted octanol–water partition coefficient (Wildman–Crippen LogP) is 2.45. The minimum absolute atomic E-state index is 0.221. The molecule has 8 nitrogen and oxygen atoms in total. The first-order valence-electron chi connectivity index (χ1n) is 10.8. The van der Waals surface area contributed by atoms with Crippen LogP contribution in [0.1, 0.15) is 60.5 Å². The molecule has 31 heavy (non-hydrogen) atoms. The average molecular weight is 426 g/mol. The van der Waals surface area contributed by atoms with Gasteiger partial charge in [0.1, 0.15) is 17.5 Å². The second-order valence-corrected chi connectivity index (χ2v) is 10.8. The number of aromatic nitrogens is 1. The summed E-state index contributed by atoms with van der Waals surface area (Å²) in [5, 5.41) is 9.75. The lowest BCUT2D eigenvalue weighted by molar-refractivity contribution is -0.0562. The van der Waals surface area contributed by atoms with Gasteiger partial charge in [0.15, 0.2) is 0 Å². The number of carbonyl (C=O) groups excluding carboxylic acids is 1. The maximum Gasteiger partial charge on any atom is 0.496 e. The van der Waals surface area contributed by atoms with Crippen LogP contribution in [-0.4, -0.2) is 65.1 Å². The number of nitriles is 1. The van der Waals surface area contributed by atoms with Crippen LogP contribution in [0.5, 0.6) is 0 Å². The fourth-order valence-electron chi connectivity index (χ4n) is 4.20. The van der Waals surface area contributed by atoms with E-state index in [0.717, 1.165) is 11.9 Å². The highest BCUT2D eigenvalue weighted by Gasteiger charge is 2.57. The molecule has 4 rings (SSSR count). The van der Waals surface area contributed by atoms with Gasteiger partial charge in [-0.1, -0.05) is 0 Å². The molecule has 3 aliphatic rings. The number of rotatable bonds is 2. The SMILES string of the molecule is CC(C)(C)OC(=O)N1CCC12CN(c1ncc(B3OC(C)(C)C(C)(C)O3)cc1C#N)C2. The lowest BCUT2D eigenvalue weighted by Gasteiger charge is -2.62. The summed E-state index contributed by atoms with van der Waals surface area (Å²) in [6.45, 7) is 15.6. The highest BCUT2D eigenvalue weighted by Crippen LogP contribution is 2.42. The first-order valence-corrected chi connectivity index (χ1v) is 10.8. The van der Waals surface area contributed by atoms with Gasteiger partial charge in [-0.3, -0.25) is 4.90 Å². The van der Waals surface area contributed by atoms with E-state index in [9.17, 15) is 10.1 Å². The number of ether oxygens (including phenoxy) is 1. The van der Waals surface area contributed by atoms with Gasteiger partial charge in [0, 0.05) is 31.3 Å². The number of hydrogen-bond acceptors (Lipinski definition) is 7. The Balaban J connectivity index is 1.47. The van der Waals surface area contributed by atoms with Crippen LogP contribution in [0.25, 0.3) is 0 Å². The molecular weight excluding hydrogens is 395 g/mol. The molecule has 4 heterocycles. The fourth-order valence-corrected chi connectivity index (χ4v) is 4.20. The quantitative estimate of drug-likeness (QED) is 0.672. The topological polar surface area (TPSA) is 87.9 Å². The molecule has 1 aromatic heterocycles. The Morgan fingerprint density at radius 1 is 1.23 bits per heavy atom. The van der Waals surface area contributed by atoms with Crippen LogP contribution < -0.4 is 10.4 Å². The van der Waals surface area contributed by atoms with E-state index in [-0.39, 0.29) is 11.6 Å². The van der Waals surface area contributed by atoms with Gasteiger partial charge < -0.3 is 18.9 Å². The molecule has 0 radical (unpaired) electrons. The number of nitrogens with zero attached hydrogens (tertiary/aromatic N) is 4. The molecule has 1 aromatic rings. The molecule has 1 spiro atoms. The highest BCUT2D eigenvalue weighted by molar-refractivity contribution is 6.62. The summed E-state index contributed by atoms with van der Waals surface area (Å²) in [7, 11) is -0.560. The molecule has 0 bridgehead atoms. The largest absolute Gasteiger partial charge is 0.496 e. The van der Waals surface area contributed by atoms with Crippen molar-refractivity contribution < 1.29 is 18.8 Å². The van der Waals surface area contributed by atoms with Crippen LogP contribution >= 0.6 is 0 Å². The maximum absolute atomic E-state index is 12.5. The number of carbonyl (C=O) groups is 1. The molecule has 9 heteroatoms. The van der Waals surface area contributed by atoms with E-state index in [0.29, 0.717) is 31.0 Å². The predicted molar refractivity (Wildman–Crippen MR) is 117 cm³/mol. The van der Waals surface area contributed by atoms with Gasteiger partial charge in [0.25, 0.3) is 0 Å². The van der Waals surface area contributed by atoms with E-state index in [4.69, 9.17) is 14.0 Å². The van der Waals surface area contributed by atoms with Gasteiger partial charge in [-0.2, -0.15) is 5.26 Å². The van der Waals surface area contributed by atoms with Gasteiger partial charge in [-0.05, 0) is 61.0 Å². The fraction of sp³-hybridized carbons (Fsp3) is 0.682. The molecule has 0 saturated carbocycles. The van der Waals surface area contributed by atoms with Crippen LogP contribution in [0.3, 0.4) is 0 Å². The van der Waals surface area contributed by atoms with Crippen molar-refractivity contribution in [3.63, 3.8) is 0 Å². The summed E-state index contributed by atoms with van der Waals surface area (Å²) in [5.41, 5.74) is -0.444. The minimum Gasteiger partial charge on any atom is -0.444 e. The zero-order valence-corrected chi connectivity index (χ0v) is 19.5. The summed E-state index contributed by atoms with van der Waals surface area (Å²) < 4.78 is 17.7. The number of anilines is 1. The Hall–Kier alpha value is -2.31. The second kappa shape index (κ2) is 6.85. The van der Waals surface area contributed by atoms with Crippen molar-refractivity contribution in [2.45, 2.75) is 77.2 Å². The van der Waals surface area contributed by atoms with Crippen molar-refractivity contribution in [1.82, 2.24) is 9.88 Å². The molecule has 0 aliphatic carbocycles. The van der Waals surface area contributed by atoms with Gasteiger partial charge >= 0.3 is 13.2 Å². The molecule has 3 aliphatic heterocycles. The smallest absolute Gasteiger partial charge is 0.444 e. The molecule has 0 N–H and O–H groups in total. The zero-order valence-electron chi connectivity index (χ0n) is 19.5. The van der Waals surface area contributed by atoms with E-state index in [2.05, 4.69) is 11.1 Å². The third kappa shape index (κ3) is 3.66. The third-order valence-corrected chi connectivity index (χ3v) is 6.79. The van der Waals surface area contributed by atoms with Crippen molar-refractivity contribution in [2.24, 2.45) is 0 Å². The van der Waals surface area contributed by atoms with Gasteiger partial charge in [-0.15, -0.1) is 0 Å². The standard InChI is InChI=1S/C22H31BN4O4/c1-19(2,3)29-18(28)27-9-8-22(27)13-26(14-22)17-15(11-24)10-16(12-25-17)23-30-20(4,5)21(6,7)31-23/h10,12H,8-9,13-14H2,1-7H3. The molecular formula is C22H31BN4O4. The van der Waals surface area contributed by atoms with Crippen molar-refractivity contribution in [3.8, 4) is 6.07 Å². The van der Waals surface area contributed by atoms with Crippen LogP contribution in [0.15, 0.2) is 12.3 Å². The summed E-state index contributed by atoms with van der Waals surface area (Å²) in [5.74, 6) is 0.629. The first-order chi connectivity index (χ1) is 14.3. The number of hydrogen-bond donors (Lipinski definition) is 0. The average Bonchev–Trinajstić information content (AvgIpc) is 2.79. The van der Waals surface area contributed by atoms with Gasteiger partial charge in [-0.25, -0.2) is 9.78 Å². The van der Waals surface area contributed by atoms with Crippen LogP contribution in [0, 0.1) is 11.3 Å². The van der Waals surface area contributed by atoms with Crippen molar-refractivity contribution in [1.29, 1.82) is 5.26 Å². The van der Waals surface area contributed by atoms with Gasteiger partial charge in [0.2, 0.25) is 0 Å². The van der Waals surface area contributed by atoms with Gasteiger partial charge in [0.05, 0.1) is 22.3 Å². The van der Waals surface area contributed by atoms with Crippen molar-refractivity contribution in [2.75, 3.05) is 24.5 Å². The summed E-state index contributed by atoms with van der Waals surface area (Å²) in [6.07, 6.45) is 2.37. The highest BCUT2D eigenvalue weighted by atomic mass is 16.7. The maximum atomic E-state index is 12.5. The van der Waals surface area contributed by atoms with E-state index < -0.39 is 23.9 Å². The van der Waals surface area contributed by atoms with E-state index in [1.54, 1.807) is 17.2 Å². The third-order valence-electron chi connectivity index (χ3n) is 6.79. The summed E-state index contributed by atoms with van der Waals surface area (Å²) in [4.78, 5) is 20.9. The Morgan fingerprint density at radius 2 is 1.84 bits per heavy atom. The Morgan fingerprint density at radius 3 is 2.32 bits per heavy atom. The summed E-state index contributed by atoms with van der Waals surface area (Å²) in [6, 6.07) is 4.05. The second-order valence-electron chi connectivity index (χ2n) is 10.8. The van der Waals surface area contributed by atoms with E-state index in [1.807, 2.05) is 53.4 Å². The molecule has 0 unspecified atom stereocenters. The number of likely N-dealkylation sites (tertiary alicyclic amines) is 1. The Labute approximate surface area is 184 Å². The summed E-state index contributed by atoms with van der Waals surface area (Å²) >= 11 is 0. The molecule has 3 fully saturated rings. The van der Waals surface area contributed by atoms with E-state index in [1.165, 1.54) is 0 Å². The normalized spacial score (nSPS) is 23.2. The lowest BCUT2D eigenvalue weighted by atomic mass is 9.77. The lowest BCUT2D eigenvalue weighted by Crippen LogP contribution is -2.78. The Bertz CT molecular complexity index is 928. The number of amides is 1. The van der Waals surface area contributed by atoms with Crippen LogP contribution in [0.2, 0.25) is 0 Å². The molecule has 0 atom stereocenters. The monoisotopic (exact) mass is 426 g/mol. The zero-order chi connectivity index (χ0) is 22.8. The number of pyridine rings is 1.